The van der Waals surface area contributed by atoms with E-state index in [2.05, 4.69) is 54.9 Å². The Kier molecular flexibility index (Phi) is 6.25. The summed E-state index contributed by atoms with van der Waals surface area (Å²) in [5, 5.41) is 12.3. The van der Waals surface area contributed by atoms with Crippen molar-refractivity contribution in [1.29, 1.82) is 0 Å². The molecule has 6 rings (SSSR count). The number of alkyl halides is 3. The fourth-order valence-corrected chi connectivity index (χ4v) is 5.52. The Morgan fingerprint density at radius 2 is 2.00 bits per heavy atom. The number of aromatic nitrogens is 3. The molecule has 2 aromatic heterocycles. The molecule has 2 aliphatic carbocycles. The zero-order chi connectivity index (χ0) is 27.2. The average Bonchev–Trinajstić information content (AvgIpc) is 3.53. The SMILES string of the molecule is C=CCNC(=O)c1cnc(Nc2ccc3c(c2)CNCC32CC2)nc1Nc1ccc2c(n1)C(C(F)(F)F)CC2. The topological polar surface area (TPSA) is 104 Å². The Morgan fingerprint density at radius 1 is 1.15 bits per heavy atom. The molecule has 8 nitrogen and oxygen atoms in total. The number of fused-ring (bicyclic) bond motifs is 3. The number of aryl methyl sites for hydroxylation is 1. The molecular formula is C28H28F3N7O. The van der Waals surface area contributed by atoms with Crippen LogP contribution in [0.4, 0.5) is 36.4 Å². The normalized spacial score (nSPS) is 18.7. The highest BCUT2D eigenvalue weighted by Gasteiger charge is 2.47. The predicted octanol–water partition coefficient (Wildman–Crippen LogP) is 5.00. The number of halogens is 3. The van der Waals surface area contributed by atoms with Gasteiger partial charge < -0.3 is 21.3 Å². The van der Waals surface area contributed by atoms with Crippen molar-refractivity contribution in [2.45, 2.75) is 49.7 Å². The van der Waals surface area contributed by atoms with E-state index >= 15 is 0 Å². The van der Waals surface area contributed by atoms with Gasteiger partial charge in [-0.15, -0.1) is 6.58 Å². The van der Waals surface area contributed by atoms with Crippen molar-refractivity contribution in [2.24, 2.45) is 0 Å². The lowest BCUT2D eigenvalue weighted by molar-refractivity contribution is -0.150. The van der Waals surface area contributed by atoms with Crippen LogP contribution in [0.5, 0.6) is 0 Å². The third-order valence-corrected chi connectivity index (χ3v) is 7.69. The van der Waals surface area contributed by atoms with E-state index in [0.29, 0.717) is 12.0 Å². The molecule has 39 heavy (non-hydrogen) atoms. The number of hydrogen-bond donors (Lipinski definition) is 4. The van der Waals surface area contributed by atoms with E-state index in [-0.39, 0.29) is 47.2 Å². The summed E-state index contributed by atoms with van der Waals surface area (Å²) in [6.45, 7) is 5.62. The molecule has 4 N–H and O–H groups in total. The van der Waals surface area contributed by atoms with Crippen molar-refractivity contribution in [2.75, 3.05) is 23.7 Å². The summed E-state index contributed by atoms with van der Waals surface area (Å²) in [6, 6.07) is 9.45. The molecule has 0 saturated heterocycles. The van der Waals surface area contributed by atoms with Crippen LogP contribution in [0.15, 0.2) is 49.2 Å². The van der Waals surface area contributed by atoms with Gasteiger partial charge in [0, 0.05) is 36.9 Å². The van der Waals surface area contributed by atoms with Gasteiger partial charge >= 0.3 is 6.18 Å². The van der Waals surface area contributed by atoms with Crippen LogP contribution in [0.1, 0.15) is 57.9 Å². The molecule has 11 heteroatoms. The van der Waals surface area contributed by atoms with Gasteiger partial charge in [-0.3, -0.25) is 4.79 Å². The summed E-state index contributed by atoms with van der Waals surface area (Å²) in [5.74, 6) is -1.54. The van der Waals surface area contributed by atoms with Gasteiger partial charge in [0.15, 0.2) is 0 Å². The minimum absolute atomic E-state index is 0.00802. The molecule has 1 spiro atoms. The molecule has 3 aromatic rings. The molecular weight excluding hydrogens is 507 g/mol. The molecule has 0 bridgehead atoms. The fourth-order valence-electron chi connectivity index (χ4n) is 5.52. The molecule has 1 unspecified atom stereocenters. The second kappa shape index (κ2) is 9.64. The average molecular weight is 536 g/mol. The summed E-state index contributed by atoms with van der Waals surface area (Å²) in [4.78, 5) is 25.9. The third-order valence-electron chi connectivity index (χ3n) is 7.69. The van der Waals surface area contributed by atoms with Crippen LogP contribution in [0.2, 0.25) is 0 Å². The van der Waals surface area contributed by atoms with Gasteiger partial charge in [0.05, 0.1) is 11.6 Å². The third kappa shape index (κ3) is 4.94. The smallest absolute Gasteiger partial charge is 0.348 e. The molecule has 1 aromatic carbocycles. The lowest BCUT2D eigenvalue weighted by Crippen LogP contribution is -2.33. The Labute approximate surface area is 223 Å². The second-order valence-electron chi connectivity index (χ2n) is 10.3. The quantitative estimate of drug-likeness (QED) is 0.316. The minimum Gasteiger partial charge on any atom is -0.348 e. The van der Waals surface area contributed by atoms with E-state index in [1.54, 1.807) is 12.1 Å². The summed E-state index contributed by atoms with van der Waals surface area (Å²) < 4.78 is 40.6. The van der Waals surface area contributed by atoms with Crippen LogP contribution in [0.3, 0.4) is 0 Å². The van der Waals surface area contributed by atoms with Crippen molar-refractivity contribution in [1.82, 2.24) is 25.6 Å². The number of carbonyl (C=O) groups excluding carboxylic acids is 1. The second-order valence-corrected chi connectivity index (χ2v) is 10.3. The molecule has 3 heterocycles. The first-order valence-corrected chi connectivity index (χ1v) is 13.0. The van der Waals surface area contributed by atoms with Gasteiger partial charge in [-0.25, -0.2) is 9.97 Å². The summed E-state index contributed by atoms with van der Waals surface area (Å²) in [7, 11) is 0. The summed E-state index contributed by atoms with van der Waals surface area (Å²) in [6.07, 6.45) is 1.22. The lowest BCUT2D eigenvalue weighted by Gasteiger charge is -2.26. The molecule has 1 saturated carbocycles. The highest BCUT2D eigenvalue weighted by molar-refractivity contribution is 5.99. The Hall–Kier alpha value is -3.99. The number of pyridine rings is 1. The van der Waals surface area contributed by atoms with Crippen molar-refractivity contribution >= 4 is 29.2 Å². The molecule has 0 radical (unpaired) electrons. The highest BCUT2D eigenvalue weighted by atomic mass is 19.4. The number of amides is 1. The van der Waals surface area contributed by atoms with E-state index < -0.39 is 18.0 Å². The molecule has 1 fully saturated rings. The zero-order valence-corrected chi connectivity index (χ0v) is 21.2. The van der Waals surface area contributed by atoms with Gasteiger partial charge in [-0.05, 0) is 60.6 Å². The van der Waals surface area contributed by atoms with E-state index in [0.717, 1.165) is 18.8 Å². The number of benzene rings is 1. The maximum atomic E-state index is 13.5. The number of hydrogen-bond acceptors (Lipinski definition) is 7. The van der Waals surface area contributed by atoms with Crippen molar-refractivity contribution in [3.63, 3.8) is 0 Å². The van der Waals surface area contributed by atoms with Crippen LogP contribution in [0.25, 0.3) is 0 Å². The predicted molar refractivity (Wildman–Crippen MR) is 142 cm³/mol. The van der Waals surface area contributed by atoms with E-state index in [1.165, 1.54) is 36.2 Å². The first-order chi connectivity index (χ1) is 18.8. The van der Waals surface area contributed by atoms with Gasteiger partial charge in [0.1, 0.15) is 17.2 Å². The highest BCUT2D eigenvalue weighted by Crippen LogP contribution is 2.51. The molecule has 1 amide bonds. The van der Waals surface area contributed by atoms with Gasteiger partial charge in [0.2, 0.25) is 5.95 Å². The number of rotatable bonds is 7. The Bertz CT molecular complexity index is 1450. The van der Waals surface area contributed by atoms with E-state index in [9.17, 15) is 18.0 Å². The van der Waals surface area contributed by atoms with Gasteiger partial charge in [0.25, 0.3) is 5.91 Å². The summed E-state index contributed by atoms with van der Waals surface area (Å²) in [5.41, 5.74) is 4.37. The van der Waals surface area contributed by atoms with Crippen molar-refractivity contribution < 1.29 is 18.0 Å². The van der Waals surface area contributed by atoms with Crippen LogP contribution in [-0.4, -0.2) is 40.1 Å². The minimum atomic E-state index is -4.37. The van der Waals surface area contributed by atoms with Crippen LogP contribution < -0.4 is 21.3 Å². The maximum Gasteiger partial charge on any atom is 0.397 e. The van der Waals surface area contributed by atoms with Gasteiger partial charge in [-0.2, -0.15) is 18.2 Å². The Balaban J connectivity index is 1.30. The number of anilines is 4. The molecule has 1 aliphatic heterocycles. The van der Waals surface area contributed by atoms with Crippen LogP contribution >= 0.6 is 0 Å². The number of nitrogens with one attached hydrogen (secondary N) is 4. The monoisotopic (exact) mass is 535 g/mol. The molecule has 202 valence electrons. The first kappa shape index (κ1) is 25.3. The maximum absolute atomic E-state index is 13.5. The standard InChI is InChI=1S/C28H28F3N7O/c1-2-11-33-25(39)19-14-34-26(35-18-5-7-20-17(12-18)13-32-15-27(20)9-10-27)38-24(19)37-22-8-4-16-3-6-21(23(16)36-22)28(29,30)31/h2,4-5,7-8,12,14,21,32H,1,3,6,9-11,13,15H2,(H,33,39)(H2,34,35,36,37,38). The largest absolute Gasteiger partial charge is 0.397 e. The number of nitrogens with zero attached hydrogens (tertiary/aromatic N) is 3. The Morgan fingerprint density at radius 3 is 2.77 bits per heavy atom. The lowest BCUT2D eigenvalue weighted by atomic mass is 9.88. The number of carbonyl (C=O) groups is 1. The van der Waals surface area contributed by atoms with E-state index in [4.69, 9.17) is 0 Å². The fraction of sp³-hybridized carbons (Fsp3) is 0.357. The van der Waals surface area contributed by atoms with E-state index in [1.807, 2.05) is 6.07 Å². The van der Waals surface area contributed by atoms with Crippen molar-refractivity contribution in [3.8, 4) is 0 Å². The first-order valence-electron chi connectivity index (χ1n) is 13.0. The van der Waals surface area contributed by atoms with Crippen LogP contribution in [-0.2, 0) is 18.4 Å². The molecule has 1 atom stereocenters. The summed E-state index contributed by atoms with van der Waals surface area (Å²) >= 11 is 0. The molecule has 3 aliphatic rings. The van der Waals surface area contributed by atoms with Crippen molar-refractivity contribution in [3.05, 3.63) is 77.1 Å². The van der Waals surface area contributed by atoms with Gasteiger partial charge in [-0.1, -0.05) is 18.2 Å². The van der Waals surface area contributed by atoms with Crippen LogP contribution in [0, 0.1) is 0 Å². The zero-order valence-electron chi connectivity index (χ0n) is 21.2.